The van der Waals surface area contributed by atoms with E-state index in [1.807, 2.05) is 0 Å². The molecular weight excluding hydrogens is 280 g/mol. The molecule has 0 aliphatic carbocycles. The highest BCUT2D eigenvalue weighted by Gasteiger charge is 2.20. The number of aliphatic hydroxyl groups is 1. The fraction of sp³-hybridized carbons (Fsp3) is 0.462. The minimum Gasteiger partial charge on any atom is -0.491 e. The molecule has 0 aliphatic heterocycles. The van der Waals surface area contributed by atoms with E-state index in [1.165, 1.54) is 25.3 Å². The highest BCUT2D eigenvalue weighted by molar-refractivity contribution is 5.79. The molecule has 116 valence electrons. The molecular formula is C13H18N2O6. The van der Waals surface area contributed by atoms with Crippen LogP contribution in [0.15, 0.2) is 18.2 Å². The standard InChI is InChI=1S/C13H18N2O6/c1-8(2)21-11-5-9(4-10(6-11)15(18)19)14-12(7-16)13(17)20-3/h4-6,8,12,14,16H,7H2,1-3H3. The van der Waals surface area contributed by atoms with Gasteiger partial charge < -0.3 is 19.9 Å². The van der Waals surface area contributed by atoms with Crippen molar-refractivity contribution < 1.29 is 24.3 Å². The van der Waals surface area contributed by atoms with E-state index in [-0.39, 0.29) is 17.5 Å². The number of nitrogens with zero attached hydrogens (tertiary/aromatic N) is 1. The van der Waals surface area contributed by atoms with Crippen LogP contribution in [-0.4, -0.2) is 41.9 Å². The van der Waals surface area contributed by atoms with Gasteiger partial charge in [0.1, 0.15) is 11.8 Å². The van der Waals surface area contributed by atoms with Crippen LogP contribution in [0, 0.1) is 10.1 Å². The molecule has 0 radical (unpaired) electrons. The van der Waals surface area contributed by atoms with Crippen molar-refractivity contribution in [3.63, 3.8) is 0 Å². The summed E-state index contributed by atoms with van der Waals surface area (Å²) in [5.74, 6) is -0.376. The number of carbonyl (C=O) groups is 1. The van der Waals surface area contributed by atoms with Gasteiger partial charge in [0.25, 0.3) is 5.69 Å². The van der Waals surface area contributed by atoms with Crippen LogP contribution in [0.25, 0.3) is 0 Å². The smallest absolute Gasteiger partial charge is 0.330 e. The lowest BCUT2D eigenvalue weighted by atomic mass is 10.2. The Bertz CT molecular complexity index is 517. The van der Waals surface area contributed by atoms with Gasteiger partial charge in [-0.1, -0.05) is 0 Å². The van der Waals surface area contributed by atoms with Crippen LogP contribution in [0.3, 0.4) is 0 Å². The highest BCUT2D eigenvalue weighted by atomic mass is 16.6. The van der Waals surface area contributed by atoms with Crippen molar-refractivity contribution in [3.8, 4) is 5.75 Å². The van der Waals surface area contributed by atoms with Gasteiger partial charge in [0.05, 0.1) is 30.8 Å². The SMILES string of the molecule is COC(=O)C(CO)Nc1cc(OC(C)C)cc([N+](=O)[O-])c1. The van der Waals surface area contributed by atoms with E-state index < -0.39 is 23.5 Å². The number of carbonyl (C=O) groups excluding carboxylic acids is 1. The van der Waals surface area contributed by atoms with Crippen molar-refractivity contribution in [1.82, 2.24) is 0 Å². The normalized spacial score (nSPS) is 11.9. The number of anilines is 1. The molecule has 0 heterocycles. The Labute approximate surface area is 121 Å². The summed E-state index contributed by atoms with van der Waals surface area (Å²) < 4.78 is 9.95. The molecule has 0 spiro atoms. The second-order valence-corrected chi connectivity index (χ2v) is 4.54. The second-order valence-electron chi connectivity index (χ2n) is 4.54. The molecule has 1 aromatic carbocycles. The first kappa shape index (κ1) is 16.7. The molecule has 0 aromatic heterocycles. The van der Waals surface area contributed by atoms with Crippen LogP contribution in [0.4, 0.5) is 11.4 Å². The summed E-state index contributed by atoms with van der Waals surface area (Å²) in [6.07, 6.45) is -0.158. The molecule has 0 amide bonds. The predicted octanol–water partition coefficient (Wildman–Crippen LogP) is 1.33. The lowest BCUT2D eigenvalue weighted by Crippen LogP contribution is -2.34. The van der Waals surface area contributed by atoms with Crippen molar-refractivity contribution in [2.45, 2.75) is 26.0 Å². The number of methoxy groups -OCH3 is 1. The molecule has 1 unspecified atom stereocenters. The Hall–Kier alpha value is -2.35. The Balaban J connectivity index is 3.07. The number of benzene rings is 1. The zero-order valence-corrected chi connectivity index (χ0v) is 12.0. The minimum absolute atomic E-state index is 0.158. The fourth-order valence-corrected chi connectivity index (χ4v) is 1.63. The number of hydrogen-bond acceptors (Lipinski definition) is 7. The molecule has 0 fully saturated rings. The van der Waals surface area contributed by atoms with Gasteiger partial charge in [-0.2, -0.15) is 0 Å². The van der Waals surface area contributed by atoms with Crippen LogP contribution in [0.1, 0.15) is 13.8 Å². The minimum atomic E-state index is -1.01. The number of nitro groups is 1. The predicted molar refractivity (Wildman–Crippen MR) is 75.4 cm³/mol. The van der Waals surface area contributed by atoms with E-state index in [2.05, 4.69) is 10.1 Å². The number of ether oxygens (including phenoxy) is 2. The molecule has 0 saturated carbocycles. The Morgan fingerprint density at radius 3 is 2.57 bits per heavy atom. The van der Waals surface area contributed by atoms with E-state index in [9.17, 15) is 14.9 Å². The molecule has 8 heteroatoms. The third-order valence-corrected chi connectivity index (χ3v) is 2.48. The Kier molecular flexibility index (Phi) is 5.92. The van der Waals surface area contributed by atoms with E-state index in [1.54, 1.807) is 13.8 Å². The monoisotopic (exact) mass is 298 g/mol. The van der Waals surface area contributed by atoms with Gasteiger partial charge >= 0.3 is 5.97 Å². The van der Waals surface area contributed by atoms with Crippen LogP contribution < -0.4 is 10.1 Å². The van der Waals surface area contributed by atoms with Crippen molar-refractivity contribution in [1.29, 1.82) is 0 Å². The second kappa shape index (κ2) is 7.44. The first-order valence-corrected chi connectivity index (χ1v) is 6.28. The molecule has 21 heavy (non-hydrogen) atoms. The number of rotatable bonds is 7. The number of non-ortho nitro benzene ring substituents is 1. The Morgan fingerprint density at radius 1 is 1.43 bits per heavy atom. The van der Waals surface area contributed by atoms with E-state index in [0.717, 1.165) is 0 Å². The number of nitrogens with one attached hydrogen (secondary N) is 1. The van der Waals surface area contributed by atoms with Crippen LogP contribution >= 0.6 is 0 Å². The van der Waals surface area contributed by atoms with Gasteiger partial charge in [0.15, 0.2) is 0 Å². The van der Waals surface area contributed by atoms with Crippen molar-refractivity contribution in [2.75, 3.05) is 19.0 Å². The number of aliphatic hydroxyl groups excluding tert-OH is 1. The van der Waals surface area contributed by atoms with Gasteiger partial charge in [-0.3, -0.25) is 10.1 Å². The zero-order valence-electron chi connectivity index (χ0n) is 12.0. The summed E-state index contributed by atoms with van der Waals surface area (Å²) in [5.41, 5.74) is 0.0986. The molecule has 8 nitrogen and oxygen atoms in total. The van der Waals surface area contributed by atoms with E-state index >= 15 is 0 Å². The summed E-state index contributed by atoms with van der Waals surface area (Å²) in [6.45, 7) is 3.07. The van der Waals surface area contributed by atoms with Gasteiger partial charge in [0, 0.05) is 17.8 Å². The molecule has 0 saturated heterocycles. The van der Waals surface area contributed by atoms with Crippen molar-refractivity contribution >= 4 is 17.3 Å². The van der Waals surface area contributed by atoms with Crippen LogP contribution in [0.2, 0.25) is 0 Å². The number of esters is 1. The summed E-state index contributed by atoms with van der Waals surface area (Å²) in [7, 11) is 1.19. The maximum Gasteiger partial charge on any atom is 0.330 e. The Morgan fingerprint density at radius 2 is 2.10 bits per heavy atom. The fourth-order valence-electron chi connectivity index (χ4n) is 1.63. The van der Waals surface area contributed by atoms with Gasteiger partial charge in [-0.15, -0.1) is 0 Å². The largest absolute Gasteiger partial charge is 0.491 e. The molecule has 0 bridgehead atoms. The average Bonchev–Trinajstić information content (AvgIpc) is 2.42. The first-order chi connectivity index (χ1) is 9.87. The summed E-state index contributed by atoms with van der Waals surface area (Å²) >= 11 is 0. The van der Waals surface area contributed by atoms with Gasteiger partial charge in [-0.25, -0.2) is 4.79 Å². The quantitative estimate of drug-likeness (QED) is 0.443. The summed E-state index contributed by atoms with van der Waals surface area (Å²) in [5, 5.41) is 22.8. The van der Waals surface area contributed by atoms with Crippen molar-refractivity contribution in [3.05, 3.63) is 28.3 Å². The average molecular weight is 298 g/mol. The van der Waals surface area contributed by atoms with E-state index in [4.69, 9.17) is 9.84 Å². The zero-order chi connectivity index (χ0) is 16.0. The molecule has 1 atom stereocenters. The number of nitro benzene ring substituents is 1. The highest BCUT2D eigenvalue weighted by Crippen LogP contribution is 2.27. The van der Waals surface area contributed by atoms with Gasteiger partial charge in [0.2, 0.25) is 0 Å². The number of hydrogen-bond donors (Lipinski definition) is 2. The topological polar surface area (TPSA) is 111 Å². The lowest BCUT2D eigenvalue weighted by Gasteiger charge is -2.16. The molecule has 1 aromatic rings. The lowest BCUT2D eigenvalue weighted by molar-refractivity contribution is -0.384. The third kappa shape index (κ3) is 4.92. The first-order valence-electron chi connectivity index (χ1n) is 6.28. The maximum atomic E-state index is 11.4. The molecule has 2 N–H and O–H groups in total. The van der Waals surface area contributed by atoms with Crippen molar-refractivity contribution in [2.24, 2.45) is 0 Å². The third-order valence-electron chi connectivity index (χ3n) is 2.48. The van der Waals surface area contributed by atoms with Crippen LogP contribution in [-0.2, 0) is 9.53 Å². The van der Waals surface area contributed by atoms with E-state index in [0.29, 0.717) is 5.75 Å². The summed E-state index contributed by atoms with van der Waals surface area (Å²) in [4.78, 5) is 21.8. The van der Waals surface area contributed by atoms with Gasteiger partial charge in [-0.05, 0) is 13.8 Å². The maximum absolute atomic E-state index is 11.4. The molecule has 0 aliphatic rings. The molecule has 1 rings (SSSR count). The van der Waals surface area contributed by atoms with Crippen LogP contribution in [0.5, 0.6) is 5.75 Å². The summed E-state index contributed by atoms with van der Waals surface area (Å²) in [6, 6.07) is 3.04.